The molecule has 0 atom stereocenters. The van der Waals surface area contributed by atoms with Crippen LogP contribution in [0.25, 0.3) is 22.2 Å². The number of carboxylic acid groups (broad SMARTS) is 1. The summed E-state index contributed by atoms with van der Waals surface area (Å²) in [7, 11) is 0. The maximum absolute atomic E-state index is 14.8. The number of carbonyl (C=O) groups excluding carboxylic acids is 1. The third-order valence-corrected chi connectivity index (χ3v) is 5.25. The van der Waals surface area contributed by atoms with Gasteiger partial charge in [0.15, 0.2) is 0 Å². The van der Waals surface area contributed by atoms with E-state index < -0.39 is 40.0 Å². The molecule has 168 valence electrons. The molecule has 33 heavy (non-hydrogen) atoms. The van der Waals surface area contributed by atoms with E-state index in [1.165, 1.54) is 30.3 Å². The lowest BCUT2D eigenvalue weighted by Gasteiger charge is -2.13. The van der Waals surface area contributed by atoms with Crippen molar-refractivity contribution < 1.29 is 32.3 Å². The molecule has 5 nitrogen and oxygen atoms in total. The summed E-state index contributed by atoms with van der Waals surface area (Å²) in [5.74, 6) is -3.01. The van der Waals surface area contributed by atoms with Crippen molar-refractivity contribution in [1.82, 2.24) is 9.78 Å². The molecule has 0 unspecified atom stereocenters. The fourth-order valence-corrected chi connectivity index (χ4v) is 3.83. The second-order valence-electron chi connectivity index (χ2n) is 7.13. The van der Waals surface area contributed by atoms with Gasteiger partial charge in [0.1, 0.15) is 11.5 Å². The molecule has 0 amide bonds. The van der Waals surface area contributed by atoms with Gasteiger partial charge in [0.25, 0.3) is 5.91 Å². The normalized spacial score (nSPS) is 11.7. The van der Waals surface area contributed by atoms with E-state index in [0.29, 0.717) is 15.8 Å². The van der Waals surface area contributed by atoms with E-state index in [9.17, 15) is 27.2 Å². The van der Waals surface area contributed by atoms with Crippen LogP contribution in [0.3, 0.4) is 0 Å². The van der Waals surface area contributed by atoms with Gasteiger partial charge in [-0.25, -0.2) is 4.39 Å². The van der Waals surface area contributed by atoms with Crippen LogP contribution >= 0.6 is 11.6 Å². The minimum Gasteiger partial charge on any atom is -0.481 e. The third kappa shape index (κ3) is 4.19. The molecule has 0 saturated heterocycles. The van der Waals surface area contributed by atoms with Crippen LogP contribution in [0.2, 0.25) is 5.02 Å². The summed E-state index contributed by atoms with van der Waals surface area (Å²) in [4.78, 5) is 24.3. The molecule has 3 aromatic carbocycles. The summed E-state index contributed by atoms with van der Waals surface area (Å²) >= 11 is 5.96. The molecular weight excluding hydrogens is 464 g/mol. The number of hydrogen-bond donors (Lipinski definition) is 1. The molecule has 0 spiro atoms. The van der Waals surface area contributed by atoms with Gasteiger partial charge in [-0.3, -0.25) is 9.59 Å². The molecule has 4 aromatic rings. The van der Waals surface area contributed by atoms with Crippen molar-refractivity contribution in [1.29, 1.82) is 0 Å². The Morgan fingerprint density at radius 3 is 2.42 bits per heavy atom. The third-order valence-electron chi connectivity index (χ3n) is 4.94. The van der Waals surface area contributed by atoms with Crippen molar-refractivity contribution >= 4 is 34.4 Å². The van der Waals surface area contributed by atoms with E-state index in [2.05, 4.69) is 5.10 Å². The topological polar surface area (TPSA) is 72.2 Å². The number of rotatable bonds is 4. The van der Waals surface area contributed by atoms with Crippen molar-refractivity contribution in [3.05, 3.63) is 88.2 Å². The Hall–Kier alpha value is -3.72. The number of aliphatic carboxylic acids is 1. The maximum Gasteiger partial charge on any atom is 0.417 e. The molecule has 0 aliphatic carbocycles. The zero-order valence-electron chi connectivity index (χ0n) is 16.5. The minimum absolute atomic E-state index is 0.0238. The van der Waals surface area contributed by atoms with E-state index in [1.54, 1.807) is 6.07 Å². The highest BCUT2D eigenvalue weighted by Gasteiger charge is 2.37. The first-order chi connectivity index (χ1) is 15.6. The number of hydrogen-bond acceptors (Lipinski definition) is 3. The van der Waals surface area contributed by atoms with E-state index in [-0.39, 0.29) is 23.0 Å². The molecule has 0 aliphatic heterocycles. The van der Waals surface area contributed by atoms with Crippen molar-refractivity contribution in [2.24, 2.45) is 0 Å². The predicted octanol–water partition coefficient (Wildman–Crippen LogP) is 5.83. The van der Waals surface area contributed by atoms with Crippen molar-refractivity contribution in [3.63, 3.8) is 0 Å². The number of halogens is 5. The van der Waals surface area contributed by atoms with Crippen LogP contribution in [0.1, 0.15) is 21.5 Å². The van der Waals surface area contributed by atoms with E-state index in [0.717, 1.165) is 24.3 Å². The van der Waals surface area contributed by atoms with Gasteiger partial charge in [-0.2, -0.15) is 23.0 Å². The first-order valence-corrected chi connectivity index (χ1v) is 9.84. The van der Waals surface area contributed by atoms with Crippen molar-refractivity contribution in [2.75, 3.05) is 0 Å². The zero-order chi connectivity index (χ0) is 23.9. The summed E-state index contributed by atoms with van der Waals surface area (Å²) in [6, 6.07) is 12.8. The fraction of sp³-hybridized carbons (Fsp3) is 0.0870. The van der Waals surface area contributed by atoms with Crippen LogP contribution in [0.15, 0.2) is 60.7 Å². The molecule has 10 heteroatoms. The highest BCUT2D eigenvalue weighted by atomic mass is 35.5. The number of nitrogens with zero attached hydrogens (tertiary/aromatic N) is 2. The lowest BCUT2D eigenvalue weighted by atomic mass is 10.0. The number of fused-ring (bicyclic) bond motifs is 1. The van der Waals surface area contributed by atoms with Gasteiger partial charge < -0.3 is 5.11 Å². The molecule has 4 rings (SSSR count). The Kier molecular flexibility index (Phi) is 5.67. The Morgan fingerprint density at radius 2 is 1.73 bits per heavy atom. The molecule has 0 fully saturated rings. The molecule has 1 N–H and O–H groups in total. The Bertz CT molecular complexity index is 1410. The number of carboxylic acids is 1. The monoisotopic (exact) mass is 476 g/mol. The average molecular weight is 477 g/mol. The number of aromatic nitrogens is 2. The summed E-state index contributed by atoms with van der Waals surface area (Å²) in [5.41, 5.74) is -1.45. The Labute approximate surface area is 188 Å². The molecule has 1 aromatic heterocycles. The standard InChI is InChI=1S/C23H13ClF4N2O3/c24-15-7-2-6-14(23(26,27)28)19(15)22(33)30-17-9-3-8-16(25)20(17)21(29-30)13-5-1-4-12(10-13)11-18(31)32/h1-10H,11H2,(H,31,32). The van der Waals surface area contributed by atoms with Crippen LogP contribution in [0.5, 0.6) is 0 Å². The molecule has 1 heterocycles. The van der Waals surface area contributed by atoms with E-state index in [1.807, 2.05) is 0 Å². The molecule has 0 saturated carbocycles. The Balaban J connectivity index is 1.95. The lowest BCUT2D eigenvalue weighted by molar-refractivity contribution is -0.138. The summed E-state index contributed by atoms with van der Waals surface area (Å²) < 4.78 is 56.1. The largest absolute Gasteiger partial charge is 0.481 e. The summed E-state index contributed by atoms with van der Waals surface area (Å²) in [5, 5.41) is 12.6. The minimum atomic E-state index is -4.86. The first kappa shape index (κ1) is 22.5. The molecule has 0 aliphatic rings. The highest BCUT2D eigenvalue weighted by molar-refractivity contribution is 6.34. The van der Waals surface area contributed by atoms with E-state index in [4.69, 9.17) is 16.7 Å². The highest BCUT2D eigenvalue weighted by Crippen LogP contribution is 2.37. The zero-order valence-corrected chi connectivity index (χ0v) is 17.3. The van der Waals surface area contributed by atoms with Crippen LogP contribution in [0, 0.1) is 5.82 Å². The quantitative estimate of drug-likeness (QED) is 0.376. The summed E-state index contributed by atoms with van der Waals surface area (Å²) in [6.07, 6.45) is -5.17. The first-order valence-electron chi connectivity index (χ1n) is 9.46. The van der Waals surface area contributed by atoms with Gasteiger partial charge in [-0.05, 0) is 35.9 Å². The SMILES string of the molecule is O=C(O)Cc1cccc(-c2nn(C(=O)c3c(Cl)cccc3C(F)(F)F)c3cccc(F)c23)c1. The van der Waals surface area contributed by atoms with Gasteiger partial charge in [-0.15, -0.1) is 0 Å². The van der Waals surface area contributed by atoms with Crippen LogP contribution < -0.4 is 0 Å². The van der Waals surface area contributed by atoms with Gasteiger partial charge in [0.05, 0.1) is 33.5 Å². The predicted molar refractivity (Wildman–Crippen MR) is 113 cm³/mol. The number of carbonyl (C=O) groups is 2. The van der Waals surface area contributed by atoms with Gasteiger partial charge in [0.2, 0.25) is 0 Å². The molecular formula is C23H13ClF4N2O3. The number of benzene rings is 3. The van der Waals surface area contributed by atoms with Crippen LogP contribution in [-0.2, 0) is 17.4 Å². The second-order valence-corrected chi connectivity index (χ2v) is 7.54. The van der Waals surface area contributed by atoms with Crippen LogP contribution in [0.4, 0.5) is 17.6 Å². The smallest absolute Gasteiger partial charge is 0.417 e. The lowest BCUT2D eigenvalue weighted by Crippen LogP contribution is -2.20. The van der Waals surface area contributed by atoms with E-state index >= 15 is 0 Å². The average Bonchev–Trinajstić information content (AvgIpc) is 3.13. The van der Waals surface area contributed by atoms with Gasteiger partial charge >= 0.3 is 12.1 Å². The van der Waals surface area contributed by atoms with Crippen LogP contribution in [-0.4, -0.2) is 26.8 Å². The fourth-order valence-electron chi connectivity index (χ4n) is 3.57. The molecule has 0 bridgehead atoms. The van der Waals surface area contributed by atoms with Gasteiger partial charge in [0, 0.05) is 5.56 Å². The van der Waals surface area contributed by atoms with Gasteiger partial charge in [-0.1, -0.05) is 41.9 Å². The Morgan fingerprint density at radius 1 is 1.03 bits per heavy atom. The van der Waals surface area contributed by atoms with Crippen molar-refractivity contribution in [3.8, 4) is 11.3 Å². The second kappa shape index (κ2) is 8.32. The number of alkyl halides is 3. The summed E-state index contributed by atoms with van der Waals surface area (Å²) in [6.45, 7) is 0. The molecule has 0 radical (unpaired) electrons. The van der Waals surface area contributed by atoms with Crippen molar-refractivity contribution in [2.45, 2.75) is 12.6 Å². The maximum atomic E-state index is 14.8.